The monoisotopic (exact) mass is 345 g/mol. The molecule has 0 bridgehead atoms. The summed E-state index contributed by atoms with van der Waals surface area (Å²) in [6.07, 6.45) is 1.57. The van der Waals surface area contributed by atoms with Crippen molar-refractivity contribution in [2.45, 2.75) is 32.9 Å². The molecule has 0 saturated heterocycles. The van der Waals surface area contributed by atoms with Crippen molar-refractivity contribution in [3.05, 3.63) is 41.6 Å². The lowest BCUT2D eigenvalue weighted by Crippen LogP contribution is -2.42. The number of nitrogens with one attached hydrogen (secondary N) is 2. The number of methoxy groups -OCH3 is 1. The molecule has 1 rings (SSSR count). The van der Waals surface area contributed by atoms with Gasteiger partial charge in [-0.1, -0.05) is 26.0 Å². The summed E-state index contributed by atoms with van der Waals surface area (Å²) in [6.45, 7) is 4.11. The van der Waals surface area contributed by atoms with Crippen LogP contribution in [-0.4, -0.2) is 30.1 Å². The third-order valence-electron chi connectivity index (χ3n) is 3.36. The summed E-state index contributed by atoms with van der Waals surface area (Å²) >= 11 is 0. The second kappa shape index (κ2) is 9.98. The minimum absolute atomic E-state index is 0.0992. The SMILES string of the molecule is COc1cccc(CN/C=C(/C#N)C(=O)NC(CC(C)C)C(=O)O)c1. The molecule has 1 aromatic rings. The first kappa shape index (κ1) is 20.0. The van der Waals surface area contributed by atoms with Crippen LogP contribution in [0.4, 0.5) is 0 Å². The third kappa shape index (κ3) is 6.96. The van der Waals surface area contributed by atoms with Crippen molar-refractivity contribution in [1.29, 1.82) is 5.26 Å². The van der Waals surface area contributed by atoms with Gasteiger partial charge in [0.15, 0.2) is 0 Å². The quantitative estimate of drug-likeness (QED) is 0.465. The van der Waals surface area contributed by atoms with Crippen molar-refractivity contribution in [2.24, 2.45) is 5.92 Å². The molecule has 3 N–H and O–H groups in total. The van der Waals surface area contributed by atoms with Crippen molar-refractivity contribution >= 4 is 11.9 Å². The van der Waals surface area contributed by atoms with Crippen molar-refractivity contribution in [3.63, 3.8) is 0 Å². The number of carboxylic acid groups (broad SMARTS) is 1. The van der Waals surface area contributed by atoms with E-state index in [0.717, 1.165) is 5.56 Å². The van der Waals surface area contributed by atoms with E-state index in [2.05, 4.69) is 10.6 Å². The van der Waals surface area contributed by atoms with Gasteiger partial charge in [0, 0.05) is 12.7 Å². The molecule has 25 heavy (non-hydrogen) atoms. The van der Waals surface area contributed by atoms with Gasteiger partial charge < -0.3 is 20.5 Å². The Balaban J connectivity index is 2.69. The zero-order chi connectivity index (χ0) is 18.8. The molecule has 0 aliphatic heterocycles. The molecular weight excluding hydrogens is 322 g/mol. The molecule has 0 spiro atoms. The van der Waals surface area contributed by atoms with E-state index in [1.807, 2.05) is 38.1 Å². The molecule has 0 aliphatic carbocycles. The number of nitrogens with zero attached hydrogens (tertiary/aromatic N) is 1. The number of ether oxygens (including phenoxy) is 1. The number of carboxylic acids is 1. The molecular formula is C18H23N3O4. The molecule has 0 saturated carbocycles. The van der Waals surface area contributed by atoms with Crippen LogP contribution in [0.5, 0.6) is 5.75 Å². The number of benzene rings is 1. The average molecular weight is 345 g/mol. The number of carbonyl (C=O) groups excluding carboxylic acids is 1. The summed E-state index contributed by atoms with van der Waals surface area (Å²) < 4.78 is 5.12. The van der Waals surface area contributed by atoms with Crippen LogP contribution in [-0.2, 0) is 16.1 Å². The van der Waals surface area contributed by atoms with E-state index in [9.17, 15) is 9.59 Å². The topological polar surface area (TPSA) is 111 Å². The van der Waals surface area contributed by atoms with Gasteiger partial charge in [-0.15, -0.1) is 0 Å². The van der Waals surface area contributed by atoms with E-state index in [4.69, 9.17) is 15.1 Å². The van der Waals surface area contributed by atoms with Gasteiger partial charge in [-0.3, -0.25) is 4.79 Å². The van der Waals surface area contributed by atoms with E-state index in [-0.39, 0.29) is 17.9 Å². The summed E-state index contributed by atoms with van der Waals surface area (Å²) in [4.78, 5) is 23.3. The lowest BCUT2D eigenvalue weighted by atomic mass is 10.0. The van der Waals surface area contributed by atoms with E-state index in [1.54, 1.807) is 13.2 Å². The van der Waals surface area contributed by atoms with Crippen LogP contribution in [0, 0.1) is 17.2 Å². The Morgan fingerprint density at radius 2 is 2.12 bits per heavy atom. The molecule has 0 aromatic heterocycles. The van der Waals surface area contributed by atoms with Crippen LogP contribution in [0.1, 0.15) is 25.8 Å². The lowest BCUT2D eigenvalue weighted by Gasteiger charge is -2.16. The Morgan fingerprint density at radius 3 is 2.68 bits per heavy atom. The van der Waals surface area contributed by atoms with Gasteiger partial charge in [0.2, 0.25) is 0 Å². The number of carbonyl (C=O) groups is 2. The maximum absolute atomic E-state index is 12.1. The standard InChI is InChI=1S/C18H23N3O4/c1-12(2)7-16(18(23)24)21-17(22)14(9-19)11-20-10-13-5-4-6-15(8-13)25-3/h4-6,8,11-12,16,20H,7,10H2,1-3H3,(H,21,22)(H,23,24)/b14-11-. The minimum atomic E-state index is -1.12. The summed E-state index contributed by atoms with van der Waals surface area (Å²) in [7, 11) is 1.57. The highest BCUT2D eigenvalue weighted by molar-refractivity contribution is 5.99. The molecule has 7 heteroatoms. The fourth-order valence-electron chi connectivity index (χ4n) is 2.13. The summed E-state index contributed by atoms with van der Waals surface area (Å²) in [6, 6.07) is 8.10. The van der Waals surface area contributed by atoms with Crippen LogP contribution in [0.25, 0.3) is 0 Å². The fourth-order valence-corrected chi connectivity index (χ4v) is 2.13. The van der Waals surface area contributed by atoms with Crippen molar-refractivity contribution < 1.29 is 19.4 Å². The van der Waals surface area contributed by atoms with Gasteiger partial charge in [-0.05, 0) is 30.0 Å². The highest BCUT2D eigenvalue weighted by atomic mass is 16.5. The van der Waals surface area contributed by atoms with Crippen LogP contribution in [0.3, 0.4) is 0 Å². The lowest BCUT2D eigenvalue weighted by molar-refractivity contribution is -0.141. The van der Waals surface area contributed by atoms with Crippen LogP contribution in [0.2, 0.25) is 0 Å². The molecule has 134 valence electrons. The normalized spacial score (nSPS) is 12.2. The van der Waals surface area contributed by atoms with Gasteiger partial charge in [-0.2, -0.15) is 5.26 Å². The first-order valence-corrected chi connectivity index (χ1v) is 7.87. The predicted octanol–water partition coefficient (Wildman–Crippen LogP) is 1.81. The summed E-state index contributed by atoms with van der Waals surface area (Å²) in [5.41, 5.74) is 0.731. The zero-order valence-electron chi connectivity index (χ0n) is 14.6. The molecule has 0 radical (unpaired) electrons. The molecule has 1 atom stereocenters. The van der Waals surface area contributed by atoms with Gasteiger partial charge >= 0.3 is 5.97 Å². The molecule has 0 aliphatic rings. The summed E-state index contributed by atoms with van der Waals surface area (Å²) in [5, 5.41) is 23.5. The van der Waals surface area contributed by atoms with Gasteiger partial charge in [0.1, 0.15) is 23.4 Å². The van der Waals surface area contributed by atoms with E-state index >= 15 is 0 Å². The second-order valence-corrected chi connectivity index (χ2v) is 5.90. The van der Waals surface area contributed by atoms with Gasteiger partial charge in [-0.25, -0.2) is 4.79 Å². The molecule has 1 aromatic carbocycles. The first-order chi connectivity index (χ1) is 11.9. The molecule has 1 unspecified atom stereocenters. The van der Waals surface area contributed by atoms with E-state index in [0.29, 0.717) is 12.3 Å². The number of rotatable bonds is 9. The molecule has 7 nitrogen and oxygen atoms in total. The van der Waals surface area contributed by atoms with Crippen LogP contribution >= 0.6 is 0 Å². The van der Waals surface area contributed by atoms with E-state index < -0.39 is 17.9 Å². The smallest absolute Gasteiger partial charge is 0.326 e. The second-order valence-electron chi connectivity index (χ2n) is 5.90. The molecule has 0 fully saturated rings. The highest BCUT2D eigenvalue weighted by Crippen LogP contribution is 2.12. The largest absolute Gasteiger partial charge is 0.497 e. The highest BCUT2D eigenvalue weighted by Gasteiger charge is 2.22. The van der Waals surface area contributed by atoms with Crippen molar-refractivity contribution in [1.82, 2.24) is 10.6 Å². The Labute approximate surface area is 147 Å². The maximum atomic E-state index is 12.1. The predicted molar refractivity (Wildman–Crippen MR) is 92.6 cm³/mol. The van der Waals surface area contributed by atoms with Crippen molar-refractivity contribution in [2.75, 3.05) is 7.11 Å². The Morgan fingerprint density at radius 1 is 1.40 bits per heavy atom. The number of nitriles is 1. The third-order valence-corrected chi connectivity index (χ3v) is 3.36. The van der Waals surface area contributed by atoms with Crippen LogP contribution < -0.4 is 15.4 Å². The Bertz CT molecular complexity index is 677. The van der Waals surface area contributed by atoms with Gasteiger partial charge in [0.25, 0.3) is 5.91 Å². The molecule has 1 amide bonds. The van der Waals surface area contributed by atoms with Crippen molar-refractivity contribution in [3.8, 4) is 11.8 Å². The Hall–Kier alpha value is -3.01. The Kier molecular flexibility index (Phi) is 8.00. The minimum Gasteiger partial charge on any atom is -0.497 e. The summed E-state index contributed by atoms with van der Waals surface area (Å²) in [5.74, 6) is -1.03. The van der Waals surface area contributed by atoms with Gasteiger partial charge in [0.05, 0.1) is 7.11 Å². The fraction of sp³-hybridized carbons (Fsp3) is 0.389. The number of hydrogen-bond donors (Lipinski definition) is 3. The maximum Gasteiger partial charge on any atom is 0.326 e. The average Bonchev–Trinajstić information content (AvgIpc) is 2.57. The van der Waals surface area contributed by atoms with E-state index in [1.165, 1.54) is 6.20 Å². The number of aliphatic carboxylic acids is 1. The molecule has 0 heterocycles. The number of hydrogen-bond acceptors (Lipinski definition) is 5. The number of amides is 1. The zero-order valence-corrected chi connectivity index (χ0v) is 14.6. The first-order valence-electron chi connectivity index (χ1n) is 7.87. The van der Waals surface area contributed by atoms with Crippen LogP contribution in [0.15, 0.2) is 36.0 Å².